The van der Waals surface area contributed by atoms with Gasteiger partial charge in [0.25, 0.3) is 5.56 Å². The Morgan fingerprint density at radius 3 is 2.67 bits per heavy atom. The van der Waals surface area contributed by atoms with Gasteiger partial charge in [0.1, 0.15) is 0 Å². The molecule has 6 nitrogen and oxygen atoms in total. The molecule has 1 aromatic heterocycles. The zero-order valence-corrected chi connectivity index (χ0v) is 18.4. The van der Waals surface area contributed by atoms with Gasteiger partial charge in [-0.25, -0.2) is 0 Å². The first-order valence-corrected chi connectivity index (χ1v) is 11.4. The monoisotopic (exact) mass is 429 g/mol. The number of ether oxygens (including phenoxy) is 2. The summed E-state index contributed by atoms with van der Waals surface area (Å²) in [6.45, 7) is 5.60. The molecular weight excluding hydrogens is 398 g/mol. The molecule has 162 valence electrons. The minimum Gasteiger partial charge on any atom is -0.376 e. The van der Waals surface area contributed by atoms with Crippen LogP contribution in [0, 0.1) is 0 Å². The summed E-state index contributed by atoms with van der Waals surface area (Å²) in [7, 11) is 0. The van der Waals surface area contributed by atoms with Crippen LogP contribution in [0.3, 0.4) is 0 Å². The van der Waals surface area contributed by atoms with Crippen molar-refractivity contribution < 1.29 is 9.47 Å². The van der Waals surface area contributed by atoms with E-state index in [1.54, 1.807) is 0 Å². The normalized spacial score (nSPS) is 21.2. The highest BCUT2D eigenvalue weighted by Crippen LogP contribution is 2.18. The smallest absolute Gasteiger partial charge is 0.253 e. The summed E-state index contributed by atoms with van der Waals surface area (Å²) in [6.07, 6.45) is 5.59. The van der Waals surface area contributed by atoms with Crippen molar-refractivity contribution >= 4 is 28.2 Å². The van der Waals surface area contributed by atoms with Crippen molar-refractivity contribution in [2.45, 2.75) is 57.8 Å². The molecule has 0 radical (unpaired) electrons. The summed E-state index contributed by atoms with van der Waals surface area (Å²) < 4.78 is 11.5. The van der Waals surface area contributed by atoms with Crippen LogP contribution >= 0.6 is 12.2 Å². The summed E-state index contributed by atoms with van der Waals surface area (Å²) in [6, 6.07) is 8.19. The number of nitrogens with one attached hydrogen (secondary N) is 2. The molecule has 2 saturated heterocycles. The predicted octanol–water partition coefficient (Wildman–Crippen LogP) is 3.13. The Kier molecular flexibility index (Phi) is 7.02. The number of fused-ring (bicyclic) bond motifs is 1. The van der Waals surface area contributed by atoms with Crippen molar-refractivity contribution in [3.8, 4) is 0 Å². The van der Waals surface area contributed by atoms with Gasteiger partial charge in [-0.2, -0.15) is 0 Å². The van der Waals surface area contributed by atoms with Crippen molar-refractivity contribution in [1.82, 2.24) is 15.2 Å². The van der Waals surface area contributed by atoms with E-state index >= 15 is 0 Å². The maximum Gasteiger partial charge on any atom is 0.253 e. The van der Waals surface area contributed by atoms with E-state index in [9.17, 15) is 4.79 Å². The summed E-state index contributed by atoms with van der Waals surface area (Å²) >= 11 is 5.71. The number of hydrogen-bond donors (Lipinski definition) is 2. The van der Waals surface area contributed by atoms with E-state index in [1.807, 2.05) is 12.1 Å². The average molecular weight is 430 g/mol. The Labute approximate surface area is 182 Å². The lowest BCUT2D eigenvalue weighted by atomic mass is 10.1. The van der Waals surface area contributed by atoms with E-state index in [-0.39, 0.29) is 17.8 Å². The van der Waals surface area contributed by atoms with Crippen molar-refractivity contribution in [2.24, 2.45) is 0 Å². The van der Waals surface area contributed by atoms with E-state index in [0.717, 1.165) is 61.8 Å². The molecule has 2 atom stereocenters. The zero-order chi connectivity index (χ0) is 20.9. The van der Waals surface area contributed by atoms with Gasteiger partial charge in [0.05, 0.1) is 18.8 Å². The fourth-order valence-corrected chi connectivity index (χ4v) is 4.44. The van der Waals surface area contributed by atoms with Crippen LogP contribution in [0.25, 0.3) is 10.9 Å². The summed E-state index contributed by atoms with van der Waals surface area (Å²) in [5, 5.41) is 5.07. The van der Waals surface area contributed by atoms with Gasteiger partial charge in [-0.1, -0.05) is 13.0 Å². The van der Waals surface area contributed by atoms with Gasteiger partial charge >= 0.3 is 0 Å². The Morgan fingerprint density at radius 1 is 1.20 bits per heavy atom. The van der Waals surface area contributed by atoms with Crippen molar-refractivity contribution in [3.63, 3.8) is 0 Å². The number of pyridine rings is 1. The quantitative estimate of drug-likeness (QED) is 0.660. The molecule has 0 bridgehead atoms. The molecule has 1 aromatic carbocycles. The third kappa shape index (κ3) is 5.20. The molecule has 30 heavy (non-hydrogen) atoms. The first kappa shape index (κ1) is 21.3. The lowest BCUT2D eigenvalue weighted by Gasteiger charge is -2.28. The van der Waals surface area contributed by atoms with Crippen LogP contribution in [0.15, 0.2) is 29.1 Å². The van der Waals surface area contributed by atoms with E-state index in [4.69, 9.17) is 21.7 Å². The molecule has 0 spiro atoms. The summed E-state index contributed by atoms with van der Waals surface area (Å²) in [5.41, 5.74) is 2.78. The highest BCUT2D eigenvalue weighted by molar-refractivity contribution is 7.80. The SMILES string of the molecule is CCc1ccc2[nH]c(=O)c(CN(C[C@H]3CCCO3)C(=S)NC[C@@H]3CCCO3)cc2c1. The van der Waals surface area contributed by atoms with Gasteiger partial charge in [-0.3, -0.25) is 4.79 Å². The van der Waals surface area contributed by atoms with Gasteiger partial charge < -0.3 is 24.7 Å². The third-order valence-corrected chi connectivity index (χ3v) is 6.40. The van der Waals surface area contributed by atoms with Gasteiger partial charge in [-0.05, 0) is 73.5 Å². The van der Waals surface area contributed by atoms with Gasteiger partial charge in [0.2, 0.25) is 0 Å². The Hall–Kier alpha value is -1.96. The Bertz CT molecular complexity index is 933. The molecule has 2 aromatic rings. The highest BCUT2D eigenvalue weighted by atomic mass is 32.1. The van der Waals surface area contributed by atoms with Crippen molar-refractivity contribution in [2.75, 3.05) is 26.3 Å². The molecule has 0 amide bonds. The topological polar surface area (TPSA) is 66.6 Å². The van der Waals surface area contributed by atoms with Crippen molar-refractivity contribution in [3.05, 3.63) is 45.7 Å². The van der Waals surface area contributed by atoms with Gasteiger partial charge in [0.15, 0.2) is 5.11 Å². The maximum absolute atomic E-state index is 12.8. The number of thiocarbonyl (C=S) groups is 1. The first-order chi connectivity index (χ1) is 14.6. The lowest BCUT2D eigenvalue weighted by molar-refractivity contribution is 0.0885. The molecule has 0 unspecified atom stereocenters. The lowest BCUT2D eigenvalue weighted by Crippen LogP contribution is -2.45. The van der Waals surface area contributed by atoms with Crippen LogP contribution in [-0.4, -0.2) is 53.5 Å². The van der Waals surface area contributed by atoms with E-state index in [1.165, 1.54) is 5.56 Å². The first-order valence-electron chi connectivity index (χ1n) is 11.0. The zero-order valence-electron chi connectivity index (χ0n) is 17.6. The highest BCUT2D eigenvalue weighted by Gasteiger charge is 2.23. The van der Waals surface area contributed by atoms with E-state index in [0.29, 0.717) is 24.7 Å². The van der Waals surface area contributed by atoms with Gasteiger partial charge in [0, 0.05) is 37.4 Å². The second-order valence-corrected chi connectivity index (χ2v) is 8.62. The Morgan fingerprint density at radius 2 is 1.97 bits per heavy atom. The number of rotatable bonds is 7. The molecule has 2 N–H and O–H groups in total. The predicted molar refractivity (Wildman–Crippen MR) is 123 cm³/mol. The van der Waals surface area contributed by atoms with Crippen LogP contribution in [-0.2, 0) is 22.4 Å². The second-order valence-electron chi connectivity index (χ2n) is 8.24. The molecule has 2 aliphatic heterocycles. The van der Waals surface area contributed by atoms with Crippen LogP contribution in [0.4, 0.5) is 0 Å². The summed E-state index contributed by atoms with van der Waals surface area (Å²) in [4.78, 5) is 17.8. The number of nitrogens with zero attached hydrogens (tertiary/aromatic N) is 1. The van der Waals surface area contributed by atoms with Crippen LogP contribution < -0.4 is 10.9 Å². The second kappa shape index (κ2) is 9.90. The van der Waals surface area contributed by atoms with Crippen molar-refractivity contribution in [1.29, 1.82) is 0 Å². The molecule has 0 saturated carbocycles. The fraction of sp³-hybridized carbons (Fsp3) is 0.565. The third-order valence-electron chi connectivity index (χ3n) is 6.00. The fourth-order valence-electron chi connectivity index (χ4n) is 4.22. The number of aromatic amines is 1. The standard InChI is InChI=1S/C23H31N3O3S/c1-2-16-7-8-21-17(11-16)12-18(22(27)25-21)14-26(15-20-6-4-10-29-20)23(30)24-13-19-5-3-9-28-19/h7-8,11-12,19-20H,2-6,9-10,13-15H2,1H3,(H,24,30)(H,25,27)/t19-,20+/m0/s1. The van der Waals surface area contributed by atoms with Crippen LogP contribution in [0.2, 0.25) is 0 Å². The number of hydrogen-bond acceptors (Lipinski definition) is 4. The van der Waals surface area contributed by atoms with E-state index < -0.39 is 0 Å². The number of aromatic nitrogens is 1. The minimum absolute atomic E-state index is 0.0639. The molecule has 2 aliphatic rings. The minimum atomic E-state index is -0.0639. The van der Waals surface area contributed by atoms with Crippen LogP contribution in [0.5, 0.6) is 0 Å². The number of H-pyrrole nitrogens is 1. The molecule has 0 aliphatic carbocycles. The van der Waals surface area contributed by atoms with Gasteiger partial charge in [-0.15, -0.1) is 0 Å². The van der Waals surface area contributed by atoms with E-state index in [2.05, 4.69) is 34.3 Å². The molecule has 4 rings (SSSR count). The average Bonchev–Trinajstić information content (AvgIpc) is 3.46. The summed E-state index contributed by atoms with van der Waals surface area (Å²) in [5.74, 6) is 0. The largest absolute Gasteiger partial charge is 0.376 e. The van der Waals surface area contributed by atoms with Crippen LogP contribution in [0.1, 0.15) is 43.7 Å². The Balaban J connectivity index is 1.52. The number of benzene rings is 1. The molecular formula is C23H31N3O3S. The molecule has 3 heterocycles. The molecule has 2 fully saturated rings. The maximum atomic E-state index is 12.8. The molecule has 7 heteroatoms. The number of aryl methyl sites for hydroxylation is 1.